The van der Waals surface area contributed by atoms with Crippen LogP contribution >= 0.6 is 0 Å². The fraction of sp³-hybridized carbons (Fsp3) is 0.571. The molecule has 1 atom stereocenters. The molecule has 204 valence electrons. The van der Waals surface area contributed by atoms with Crippen LogP contribution in [-0.4, -0.2) is 74.2 Å². The lowest BCUT2D eigenvalue weighted by Crippen LogP contribution is -3.10. The predicted octanol–water partition coefficient (Wildman–Crippen LogP) is 2.14. The van der Waals surface area contributed by atoms with Crippen LogP contribution in [0.25, 0.3) is 0 Å². The van der Waals surface area contributed by atoms with Gasteiger partial charge in [-0.15, -0.1) is 0 Å². The molecule has 1 aromatic carbocycles. The molecule has 1 saturated carbocycles. The van der Waals surface area contributed by atoms with E-state index in [-0.39, 0.29) is 23.9 Å². The van der Waals surface area contributed by atoms with E-state index >= 15 is 0 Å². The van der Waals surface area contributed by atoms with Crippen LogP contribution in [0.3, 0.4) is 0 Å². The Hall–Kier alpha value is -3.40. The van der Waals surface area contributed by atoms with Crippen molar-refractivity contribution in [1.82, 2.24) is 15.3 Å². The van der Waals surface area contributed by atoms with Crippen molar-refractivity contribution in [3.05, 3.63) is 30.0 Å². The van der Waals surface area contributed by atoms with Gasteiger partial charge in [0.05, 0.1) is 39.1 Å². The van der Waals surface area contributed by atoms with Gasteiger partial charge < -0.3 is 30.1 Å². The molecule has 2 aliphatic heterocycles. The minimum absolute atomic E-state index is 0.0880. The van der Waals surface area contributed by atoms with Crippen LogP contribution in [0.4, 0.5) is 23.1 Å². The van der Waals surface area contributed by atoms with E-state index < -0.39 is 0 Å². The number of hydrogen-bond donors (Lipinski definition) is 3. The van der Waals surface area contributed by atoms with Crippen molar-refractivity contribution < 1.29 is 19.2 Å². The molecule has 5 rings (SSSR count). The molecule has 2 fully saturated rings. The van der Waals surface area contributed by atoms with Gasteiger partial charge in [-0.05, 0) is 37.5 Å². The normalized spacial score (nSPS) is 23.8. The van der Waals surface area contributed by atoms with E-state index in [0.29, 0.717) is 29.0 Å². The summed E-state index contributed by atoms with van der Waals surface area (Å²) in [7, 11) is 5.57. The molecule has 38 heavy (non-hydrogen) atoms. The van der Waals surface area contributed by atoms with Crippen LogP contribution in [0.2, 0.25) is 0 Å². The maximum Gasteiger partial charge on any atom is 0.251 e. The van der Waals surface area contributed by atoms with Crippen LogP contribution in [0.1, 0.15) is 62.2 Å². The van der Waals surface area contributed by atoms with Crippen LogP contribution in [0, 0.1) is 0 Å². The fourth-order valence-corrected chi connectivity index (χ4v) is 6.02. The number of rotatable bonds is 7. The standard InChI is InChI=1S/C28H39N7O3/c1-5-22-27(37)34(3)23-17-29-28(32-25(23)35(22)20-8-6-7-9-20)31-21-11-10-18(16-24(21)38-4)26(36)30-19-12-14-33(2)15-13-19/h10-11,16-17,19-20,22H,5-9,12-15H2,1-4H3,(H,30,36)(H,29,31,32)/p+1/t22-/m1/s1. The monoisotopic (exact) mass is 522 g/mol. The number of quaternary nitrogens is 1. The first-order valence-electron chi connectivity index (χ1n) is 13.9. The Morgan fingerprint density at radius 1 is 1.18 bits per heavy atom. The van der Waals surface area contributed by atoms with E-state index in [9.17, 15) is 9.59 Å². The van der Waals surface area contributed by atoms with Crippen LogP contribution < -0.4 is 30.1 Å². The highest BCUT2D eigenvalue weighted by Gasteiger charge is 2.41. The van der Waals surface area contributed by atoms with Gasteiger partial charge in [0.25, 0.3) is 5.91 Å². The summed E-state index contributed by atoms with van der Waals surface area (Å²) in [6, 6.07) is 5.66. The first-order chi connectivity index (χ1) is 18.4. The number of hydrogen-bond acceptors (Lipinski definition) is 7. The molecule has 0 spiro atoms. The second-order valence-corrected chi connectivity index (χ2v) is 10.8. The minimum atomic E-state index is -0.225. The Morgan fingerprint density at radius 3 is 2.61 bits per heavy atom. The number of nitrogens with zero attached hydrogens (tertiary/aromatic N) is 4. The lowest BCUT2D eigenvalue weighted by Gasteiger charge is -2.43. The van der Waals surface area contributed by atoms with Gasteiger partial charge in [0, 0.05) is 37.5 Å². The lowest BCUT2D eigenvalue weighted by molar-refractivity contribution is -0.884. The highest BCUT2D eigenvalue weighted by Crippen LogP contribution is 2.40. The average Bonchev–Trinajstić information content (AvgIpc) is 3.46. The number of anilines is 4. The number of piperidine rings is 1. The van der Waals surface area contributed by atoms with Crippen molar-refractivity contribution in [3.8, 4) is 5.75 Å². The molecule has 10 heteroatoms. The zero-order valence-electron chi connectivity index (χ0n) is 22.9. The van der Waals surface area contributed by atoms with Gasteiger partial charge in [-0.3, -0.25) is 9.59 Å². The first-order valence-corrected chi connectivity index (χ1v) is 13.9. The number of nitrogens with one attached hydrogen (secondary N) is 3. The summed E-state index contributed by atoms with van der Waals surface area (Å²) < 4.78 is 5.63. The molecule has 2 aromatic rings. The molecule has 10 nitrogen and oxygen atoms in total. The van der Waals surface area contributed by atoms with Crippen molar-refractivity contribution >= 4 is 35.0 Å². The molecule has 0 unspecified atom stereocenters. The Balaban J connectivity index is 1.38. The number of likely N-dealkylation sites (N-methyl/N-ethyl adjacent to an activating group) is 1. The SMILES string of the molecule is CC[C@@H]1C(=O)N(C)c2cnc(Nc3ccc(C(=O)NC4CC[NH+](C)CC4)cc3OC)nc2N1C1CCCC1. The van der Waals surface area contributed by atoms with Gasteiger partial charge in [0.2, 0.25) is 11.9 Å². The summed E-state index contributed by atoms with van der Waals surface area (Å²) in [6.07, 6.45) is 8.89. The Bertz CT molecular complexity index is 1180. The zero-order valence-corrected chi connectivity index (χ0v) is 22.9. The predicted molar refractivity (Wildman–Crippen MR) is 148 cm³/mol. The molecule has 0 bridgehead atoms. The zero-order chi connectivity index (χ0) is 26.8. The number of carbonyl (C=O) groups excluding carboxylic acids is 2. The molecular weight excluding hydrogens is 482 g/mol. The molecule has 0 radical (unpaired) electrons. The van der Waals surface area contributed by atoms with E-state index in [4.69, 9.17) is 9.72 Å². The molecule has 1 aromatic heterocycles. The topological polar surface area (TPSA) is 104 Å². The Morgan fingerprint density at radius 2 is 1.92 bits per heavy atom. The fourth-order valence-electron chi connectivity index (χ4n) is 6.02. The van der Waals surface area contributed by atoms with E-state index in [1.165, 1.54) is 17.7 Å². The molecule has 1 saturated heterocycles. The van der Waals surface area contributed by atoms with Crippen LogP contribution in [0.5, 0.6) is 5.75 Å². The maximum absolute atomic E-state index is 13.1. The van der Waals surface area contributed by atoms with Crippen molar-refractivity contribution in [1.29, 1.82) is 0 Å². The third kappa shape index (κ3) is 5.14. The highest BCUT2D eigenvalue weighted by molar-refractivity contribution is 6.04. The molecular formula is C28H40N7O3+. The summed E-state index contributed by atoms with van der Waals surface area (Å²) in [5, 5.41) is 6.45. The minimum Gasteiger partial charge on any atom is -0.495 e. The molecule has 2 amide bonds. The average molecular weight is 523 g/mol. The van der Waals surface area contributed by atoms with Gasteiger partial charge >= 0.3 is 0 Å². The number of carbonyl (C=O) groups is 2. The summed E-state index contributed by atoms with van der Waals surface area (Å²) >= 11 is 0. The first kappa shape index (κ1) is 26.2. The third-order valence-electron chi connectivity index (χ3n) is 8.30. The van der Waals surface area contributed by atoms with E-state index in [1.54, 1.807) is 37.4 Å². The second-order valence-electron chi connectivity index (χ2n) is 10.8. The Kier molecular flexibility index (Phi) is 7.69. The van der Waals surface area contributed by atoms with Crippen molar-refractivity contribution in [2.45, 2.75) is 70.0 Å². The van der Waals surface area contributed by atoms with Gasteiger partial charge in [-0.1, -0.05) is 19.8 Å². The number of ether oxygens (including phenoxy) is 1. The second kappa shape index (κ2) is 11.1. The quantitative estimate of drug-likeness (QED) is 0.512. The van der Waals surface area contributed by atoms with Crippen molar-refractivity contribution in [2.75, 3.05) is 49.4 Å². The van der Waals surface area contributed by atoms with Crippen LogP contribution in [0.15, 0.2) is 24.4 Å². The van der Waals surface area contributed by atoms with E-state index in [0.717, 1.165) is 56.7 Å². The Labute approximate surface area is 224 Å². The van der Waals surface area contributed by atoms with Crippen molar-refractivity contribution in [3.63, 3.8) is 0 Å². The van der Waals surface area contributed by atoms with Crippen molar-refractivity contribution in [2.24, 2.45) is 0 Å². The summed E-state index contributed by atoms with van der Waals surface area (Å²) in [5.74, 6) is 1.76. The number of aromatic nitrogens is 2. The number of methoxy groups -OCH3 is 1. The van der Waals surface area contributed by atoms with Gasteiger partial charge in [0.1, 0.15) is 17.5 Å². The number of amides is 2. The van der Waals surface area contributed by atoms with E-state index in [2.05, 4.69) is 34.5 Å². The summed E-state index contributed by atoms with van der Waals surface area (Å²) in [6.45, 7) is 4.19. The highest BCUT2D eigenvalue weighted by atomic mass is 16.5. The summed E-state index contributed by atoms with van der Waals surface area (Å²) in [4.78, 5) is 40.9. The number of likely N-dealkylation sites (tertiary alicyclic amines) is 1. The maximum atomic E-state index is 13.1. The number of benzene rings is 1. The molecule has 3 heterocycles. The number of fused-ring (bicyclic) bond motifs is 1. The van der Waals surface area contributed by atoms with Crippen LogP contribution in [-0.2, 0) is 4.79 Å². The summed E-state index contributed by atoms with van der Waals surface area (Å²) in [5.41, 5.74) is 1.96. The van der Waals surface area contributed by atoms with Gasteiger partial charge in [-0.25, -0.2) is 4.98 Å². The van der Waals surface area contributed by atoms with Gasteiger partial charge in [-0.2, -0.15) is 4.98 Å². The van der Waals surface area contributed by atoms with E-state index in [1.807, 2.05) is 6.07 Å². The largest absolute Gasteiger partial charge is 0.495 e. The lowest BCUT2D eigenvalue weighted by atomic mass is 10.0. The smallest absolute Gasteiger partial charge is 0.251 e. The molecule has 3 aliphatic rings. The molecule has 1 aliphatic carbocycles. The third-order valence-corrected chi connectivity index (χ3v) is 8.30. The van der Waals surface area contributed by atoms with Gasteiger partial charge in [0.15, 0.2) is 5.82 Å². The molecule has 3 N–H and O–H groups in total.